The molecule has 4 nitrogen and oxygen atoms in total. The van der Waals surface area contributed by atoms with Crippen LogP contribution < -0.4 is 10.1 Å². The molecule has 0 saturated carbocycles. The molecule has 19 heavy (non-hydrogen) atoms. The van der Waals surface area contributed by atoms with Crippen LogP contribution in [0.3, 0.4) is 0 Å². The minimum absolute atomic E-state index is 0.283. The van der Waals surface area contributed by atoms with Gasteiger partial charge in [-0.3, -0.25) is 0 Å². The van der Waals surface area contributed by atoms with Gasteiger partial charge in [-0.15, -0.1) is 0 Å². The molecule has 0 atom stereocenters. The highest BCUT2D eigenvalue weighted by atomic mass is 79.9. The van der Waals surface area contributed by atoms with E-state index in [-0.39, 0.29) is 5.82 Å². The van der Waals surface area contributed by atoms with Crippen LogP contribution in [0.25, 0.3) is 0 Å². The maximum atomic E-state index is 13.1. The Hall–Kier alpha value is -1.21. The second kappa shape index (κ2) is 6.29. The summed E-state index contributed by atoms with van der Waals surface area (Å²) >= 11 is 6.64. The van der Waals surface area contributed by atoms with E-state index in [0.717, 1.165) is 10.0 Å². The van der Waals surface area contributed by atoms with E-state index in [4.69, 9.17) is 4.74 Å². The molecule has 1 aromatic carbocycles. The minimum atomic E-state index is -0.283. The van der Waals surface area contributed by atoms with E-state index in [9.17, 15) is 4.39 Å². The number of ether oxygens (including phenoxy) is 1. The van der Waals surface area contributed by atoms with Crippen molar-refractivity contribution in [2.24, 2.45) is 0 Å². The summed E-state index contributed by atoms with van der Waals surface area (Å²) in [5.74, 6) is 0.571. The fraction of sp³-hybridized carbons (Fsp3) is 0.167. The Kier molecular flexibility index (Phi) is 4.71. The Labute approximate surface area is 126 Å². The van der Waals surface area contributed by atoms with Crippen LogP contribution in [0.15, 0.2) is 33.3 Å². The summed E-state index contributed by atoms with van der Waals surface area (Å²) in [4.78, 5) is 8.25. The predicted octanol–water partition coefficient (Wildman–Crippen LogP) is 3.76. The summed E-state index contributed by atoms with van der Waals surface area (Å²) in [5, 5.41) is 3.01. The Balaban J connectivity index is 2.12. The van der Waals surface area contributed by atoms with Crippen molar-refractivity contribution in [2.45, 2.75) is 6.54 Å². The third kappa shape index (κ3) is 3.63. The number of halogens is 3. The molecule has 0 amide bonds. The first kappa shape index (κ1) is 14.2. The zero-order chi connectivity index (χ0) is 13.8. The van der Waals surface area contributed by atoms with Gasteiger partial charge in [0.2, 0.25) is 11.8 Å². The smallest absolute Gasteiger partial charge is 0.232 e. The van der Waals surface area contributed by atoms with Gasteiger partial charge in [-0.25, -0.2) is 9.37 Å². The Morgan fingerprint density at radius 2 is 2.11 bits per heavy atom. The number of anilines is 1. The first-order chi connectivity index (χ1) is 9.10. The van der Waals surface area contributed by atoms with Crippen LogP contribution in [0.2, 0.25) is 0 Å². The van der Waals surface area contributed by atoms with Crippen molar-refractivity contribution in [3.05, 3.63) is 44.7 Å². The second-order valence-corrected chi connectivity index (χ2v) is 5.35. The first-order valence-corrected chi connectivity index (χ1v) is 6.93. The van der Waals surface area contributed by atoms with Crippen molar-refractivity contribution in [1.29, 1.82) is 0 Å². The first-order valence-electron chi connectivity index (χ1n) is 5.34. The number of methoxy groups -OCH3 is 1. The van der Waals surface area contributed by atoms with Gasteiger partial charge in [-0.1, -0.05) is 15.9 Å². The fourth-order valence-electron chi connectivity index (χ4n) is 1.43. The van der Waals surface area contributed by atoms with Crippen LogP contribution in [0.1, 0.15) is 5.56 Å². The van der Waals surface area contributed by atoms with E-state index in [1.165, 1.54) is 19.2 Å². The average Bonchev–Trinajstić information content (AvgIpc) is 2.41. The Morgan fingerprint density at radius 3 is 2.84 bits per heavy atom. The van der Waals surface area contributed by atoms with Gasteiger partial charge in [0.25, 0.3) is 0 Å². The molecule has 0 fully saturated rings. The Bertz CT molecular complexity index is 595. The monoisotopic (exact) mass is 389 g/mol. The number of aromatic nitrogens is 2. The molecule has 100 valence electrons. The van der Waals surface area contributed by atoms with Crippen LogP contribution in [0.4, 0.5) is 10.3 Å². The molecule has 0 saturated heterocycles. The van der Waals surface area contributed by atoms with E-state index in [1.807, 2.05) is 0 Å². The lowest BCUT2D eigenvalue weighted by Crippen LogP contribution is -2.05. The van der Waals surface area contributed by atoms with Gasteiger partial charge in [-0.2, -0.15) is 4.98 Å². The maximum absolute atomic E-state index is 13.1. The van der Waals surface area contributed by atoms with E-state index >= 15 is 0 Å². The third-order valence-corrected chi connectivity index (χ3v) is 3.67. The van der Waals surface area contributed by atoms with Gasteiger partial charge in [0, 0.05) is 11.0 Å². The quantitative estimate of drug-likeness (QED) is 0.863. The zero-order valence-electron chi connectivity index (χ0n) is 9.95. The van der Waals surface area contributed by atoms with E-state index in [0.29, 0.717) is 22.8 Å². The van der Waals surface area contributed by atoms with Gasteiger partial charge in [0.15, 0.2) is 0 Å². The normalized spacial score (nSPS) is 10.3. The standard InChI is InChI=1S/C12H10Br2FN3O/c1-19-11-10(14)6-17-12(18-11)16-5-7-4-8(15)2-3-9(7)13/h2-4,6H,5H2,1H3,(H,16,17,18). The van der Waals surface area contributed by atoms with Crippen molar-refractivity contribution in [3.63, 3.8) is 0 Å². The van der Waals surface area contributed by atoms with Crippen molar-refractivity contribution >= 4 is 37.8 Å². The van der Waals surface area contributed by atoms with E-state index in [1.54, 1.807) is 12.3 Å². The summed E-state index contributed by atoms with van der Waals surface area (Å²) in [5.41, 5.74) is 0.783. The van der Waals surface area contributed by atoms with Crippen LogP contribution in [-0.4, -0.2) is 17.1 Å². The molecule has 0 aliphatic heterocycles. The summed E-state index contributed by atoms with van der Waals surface area (Å²) < 4.78 is 19.7. The zero-order valence-corrected chi connectivity index (χ0v) is 13.1. The number of nitrogens with one attached hydrogen (secondary N) is 1. The van der Waals surface area contributed by atoms with Crippen molar-refractivity contribution < 1.29 is 9.13 Å². The molecule has 7 heteroatoms. The number of benzene rings is 1. The van der Waals surface area contributed by atoms with E-state index < -0.39 is 0 Å². The molecular weight excluding hydrogens is 381 g/mol. The van der Waals surface area contributed by atoms with Gasteiger partial charge >= 0.3 is 0 Å². The average molecular weight is 391 g/mol. The van der Waals surface area contributed by atoms with Gasteiger partial charge in [0.1, 0.15) is 5.82 Å². The number of hydrogen-bond acceptors (Lipinski definition) is 4. The molecule has 1 heterocycles. The molecule has 0 aliphatic rings. The largest absolute Gasteiger partial charge is 0.480 e. The molecule has 2 rings (SSSR count). The third-order valence-electron chi connectivity index (χ3n) is 2.35. The fourth-order valence-corrected chi connectivity index (χ4v) is 2.17. The van der Waals surface area contributed by atoms with Gasteiger partial charge < -0.3 is 10.1 Å². The van der Waals surface area contributed by atoms with Gasteiger partial charge in [0.05, 0.1) is 17.8 Å². The van der Waals surface area contributed by atoms with Crippen LogP contribution in [0, 0.1) is 5.82 Å². The number of hydrogen-bond donors (Lipinski definition) is 1. The second-order valence-electron chi connectivity index (χ2n) is 3.64. The highest BCUT2D eigenvalue weighted by Crippen LogP contribution is 2.23. The lowest BCUT2D eigenvalue weighted by Gasteiger charge is -2.08. The van der Waals surface area contributed by atoms with Crippen LogP contribution in [0.5, 0.6) is 5.88 Å². The molecule has 0 radical (unpaired) electrons. The maximum Gasteiger partial charge on any atom is 0.232 e. The molecule has 1 N–H and O–H groups in total. The summed E-state index contributed by atoms with van der Waals surface area (Å²) in [6.07, 6.45) is 1.59. The molecule has 1 aromatic heterocycles. The highest BCUT2D eigenvalue weighted by Gasteiger charge is 2.06. The number of nitrogens with zero attached hydrogens (tertiary/aromatic N) is 2. The van der Waals surface area contributed by atoms with Crippen LogP contribution >= 0.6 is 31.9 Å². The highest BCUT2D eigenvalue weighted by molar-refractivity contribution is 9.10. The minimum Gasteiger partial charge on any atom is -0.480 e. The van der Waals surface area contributed by atoms with Crippen LogP contribution in [-0.2, 0) is 6.54 Å². The summed E-state index contributed by atoms with van der Waals surface area (Å²) in [7, 11) is 1.53. The summed E-state index contributed by atoms with van der Waals surface area (Å²) in [6, 6.07) is 4.51. The van der Waals surface area contributed by atoms with Crippen molar-refractivity contribution in [2.75, 3.05) is 12.4 Å². The molecule has 0 bridgehead atoms. The molecule has 0 unspecified atom stereocenters. The van der Waals surface area contributed by atoms with Gasteiger partial charge in [-0.05, 0) is 39.7 Å². The molecular formula is C12H10Br2FN3O. The van der Waals surface area contributed by atoms with Crippen molar-refractivity contribution in [3.8, 4) is 5.88 Å². The van der Waals surface area contributed by atoms with E-state index in [2.05, 4.69) is 47.1 Å². The molecule has 2 aromatic rings. The summed E-state index contributed by atoms with van der Waals surface area (Å²) in [6.45, 7) is 0.406. The number of rotatable bonds is 4. The lowest BCUT2D eigenvalue weighted by atomic mass is 10.2. The van der Waals surface area contributed by atoms with Crippen molar-refractivity contribution in [1.82, 2.24) is 9.97 Å². The lowest BCUT2D eigenvalue weighted by molar-refractivity contribution is 0.394. The molecule has 0 aliphatic carbocycles. The SMILES string of the molecule is COc1nc(NCc2cc(F)ccc2Br)ncc1Br. The molecule has 0 spiro atoms. The Morgan fingerprint density at radius 1 is 1.32 bits per heavy atom. The predicted molar refractivity (Wildman–Crippen MR) is 77.7 cm³/mol. The topological polar surface area (TPSA) is 47.0 Å².